The summed E-state index contributed by atoms with van der Waals surface area (Å²) in [5.74, 6) is 0.0473. The Hall–Kier alpha value is -1.64. The highest BCUT2D eigenvalue weighted by atomic mass is 16.2. The van der Waals surface area contributed by atoms with E-state index < -0.39 is 0 Å². The van der Waals surface area contributed by atoms with Gasteiger partial charge in [-0.3, -0.25) is 4.79 Å². The molecule has 0 saturated carbocycles. The van der Waals surface area contributed by atoms with Crippen molar-refractivity contribution in [3.8, 4) is 0 Å². The van der Waals surface area contributed by atoms with E-state index in [9.17, 15) is 4.79 Å². The number of unbranched alkanes of at least 4 members (excludes halogenated alkanes) is 5. The lowest BCUT2D eigenvalue weighted by Crippen LogP contribution is -2.21. The molecule has 0 fully saturated rings. The van der Waals surface area contributed by atoms with Gasteiger partial charge in [0.15, 0.2) is 0 Å². The number of aryl methyl sites for hydroxylation is 1. The van der Waals surface area contributed by atoms with Crippen LogP contribution in [0.4, 0.5) is 0 Å². The Balaban J connectivity index is 1.74. The van der Waals surface area contributed by atoms with Gasteiger partial charge < -0.3 is 0 Å². The Kier molecular flexibility index (Phi) is 7.14. The summed E-state index contributed by atoms with van der Waals surface area (Å²) in [6.07, 6.45) is 11.0. The lowest BCUT2D eigenvalue weighted by atomic mass is 9.90. The first-order valence-electron chi connectivity index (χ1n) is 8.75. The fourth-order valence-electron chi connectivity index (χ4n) is 2.97. The number of amides is 1. The maximum absolute atomic E-state index is 11.9. The molecular formula is C19H28N2O. The van der Waals surface area contributed by atoms with Crippen molar-refractivity contribution in [2.75, 3.05) is 0 Å². The van der Waals surface area contributed by atoms with Crippen LogP contribution in [0.3, 0.4) is 0 Å². The van der Waals surface area contributed by atoms with Gasteiger partial charge in [0.2, 0.25) is 5.91 Å². The minimum absolute atomic E-state index is 0.0473. The second-order valence-corrected chi connectivity index (χ2v) is 6.12. The molecule has 1 aromatic carbocycles. The zero-order chi connectivity index (χ0) is 15.6. The van der Waals surface area contributed by atoms with Gasteiger partial charge >= 0.3 is 0 Å². The molecule has 0 radical (unpaired) electrons. The molecule has 0 aliphatic heterocycles. The van der Waals surface area contributed by atoms with Crippen LogP contribution in [0.2, 0.25) is 0 Å². The number of nitrogens with one attached hydrogen (secondary N) is 1. The first kappa shape index (κ1) is 16.7. The number of rotatable bonds is 8. The lowest BCUT2D eigenvalue weighted by Gasteiger charge is -2.17. The van der Waals surface area contributed by atoms with E-state index in [1.165, 1.54) is 36.8 Å². The summed E-state index contributed by atoms with van der Waals surface area (Å²) < 4.78 is 0. The number of carbonyl (C=O) groups is 1. The van der Waals surface area contributed by atoms with Crippen molar-refractivity contribution in [1.29, 1.82) is 0 Å². The van der Waals surface area contributed by atoms with Crippen LogP contribution in [-0.2, 0) is 11.2 Å². The molecule has 1 aliphatic rings. The van der Waals surface area contributed by atoms with Gasteiger partial charge in [0.05, 0.1) is 5.71 Å². The highest BCUT2D eigenvalue weighted by molar-refractivity contribution is 6.03. The molecule has 0 aromatic heterocycles. The number of hydrazone groups is 1. The molecule has 1 aromatic rings. The summed E-state index contributed by atoms with van der Waals surface area (Å²) in [7, 11) is 0. The monoisotopic (exact) mass is 300 g/mol. The Morgan fingerprint density at radius 3 is 2.73 bits per heavy atom. The van der Waals surface area contributed by atoms with Crippen LogP contribution in [0.1, 0.15) is 75.8 Å². The van der Waals surface area contributed by atoms with Gasteiger partial charge in [-0.05, 0) is 31.2 Å². The SMILES string of the molecule is CCCCCCCCC(=O)N/N=C1/CCCc2ccccc21. The maximum atomic E-state index is 11.9. The molecule has 0 atom stereocenters. The highest BCUT2D eigenvalue weighted by Crippen LogP contribution is 2.21. The average molecular weight is 300 g/mol. The van der Waals surface area contributed by atoms with Crippen LogP contribution in [0.5, 0.6) is 0 Å². The minimum Gasteiger partial charge on any atom is -0.273 e. The van der Waals surface area contributed by atoms with E-state index in [1.54, 1.807) is 0 Å². The van der Waals surface area contributed by atoms with Gasteiger partial charge in [0.25, 0.3) is 0 Å². The van der Waals surface area contributed by atoms with E-state index in [4.69, 9.17) is 0 Å². The van der Waals surface area contributed by atoms with E-state index in [0.29, 0.717) is 6.42 Å². The maximum Gasteiger partial charge on any atom is 0.240 e. The van der Waals surface area contributed by atoms with Crippen molar-refractivity contribution in [3.63, 3.8) is 0 Å². The molecule has 0 unspecified atom stereocenters. The normalized spacial score (nSPS) is 15.6. The van der Waals surface area contributed by atoms with Crippen LogP contribution >= 0.6 is 0 Å². The fraction of sp³-hybridized carbons (Fsp3) is 0.579. The van der Waals surface area contributed by atoms with E-state index in [0.717, 1.165) is 37.8 Å². The third-order valence-corrected chi connectivity index (χ3v) is 4.26. The zero-order valence-electron chi connectivity index (χ0n) is 13.7. The Morgan fingerprint density at radius 2 is 1.86 bits per heavy atom. The van der Waals surface area contributed by atoms with E-state index in [1.807, 2.05) is 6.07 Å². The minimum atomic E-state index is 0.0473. The van der Waals surface area contributed by atoms with Crippen LogP contribution < -0.4 is 5.43 Å². The first-order chi connectivity index (χ1) is 10.8. The Morgan fingerprint density at radius 1 is 1.09 bits per heavy atom. The number of hydrogen-bond donors (Lipinski definition) is 1. The summed E-state index contributed by atoms with van der Waals surface area (Å²) in [4.78, 5) is 11.9. The molecule has 0 heterocycles. The number of hydrogen-bond acceptors (Lipinski definition) is 2. The van der Waals surface area contributed by atoms with E-state index in [-0.39, 0.29) is 5.91 Å². The van der Waals surface area contributed by atoms with Gasteiger partial charge in [-0.25, -0.2) is 5.43 Å². The summed E-state index contributed by atoms with van der Waals surface area (Å²) in [5, 5.41) is 4.37. The third kappa shape index (κ3) is 5.28. The molecule has 120 valence electrons. The summed E-state index contributed by atoms with van der Waals surface area (Å²) in [6, 6.07) is 8.37. The lowest BCUT2D eigenvalue weighted by molar-refractivity contribution is -0.121. The second-order valence-electron chi connectivity index (χ2n) is 6.12. The summed E-state index contributed by atoms with van der Waals surface area (Å²) in [5.41, 5.74) is 6.32. The smallest absolute Gasteiger partial charge is 0.240 e. The third-order valence-electron chi connectivity index (χ3n) is 4.26. The van der Waals surface area contributed by atoms with Crippen molar-refractivity contribution < 1.29 is 4.79 Å². The van der Waals surface area contributed by atoms with Gasteiger partial charge in [-0.15, -0.1) is 0 Å². The fourth-order valence-corrected chi connectivity index (χ4v) is 2.97. The molecule has 0 spiro atoms. The van der Waals surface area contributed by atoms with Gasteiger partial charge in [-0.1, -0.05) is 63.3 Å². The molecule has 2 rings (SSSR count). The predicted molar refractivity (Wildman–Crippen MR) is 92.1 cm³/mol. The molecule has 22 heavy (non-hydrogen) atoms. The second kappa shape index (κ2) is 9.39. The van der Waals surface area contributed by atoms with Crippen molar-refractivity contribution in [3.05, 3.63) is 35.4 Å². The molecule has 1 amide bonds. The Labute approximate surface area is 134 Å². The van der Waals surface area contributed by atoms with Crippen molar-refractivity contribution in [2.45, 2.75) is 71.1 Å². The van der Waals surface area contributed by atoms with Gasteiger partial charge in [0, 0.05) is 12.0 Å². The summed E-state index contributed by atoms with van der Waals surface area (Å²) in [6.45, 7) is 2.22. The first-order valence-corrected chi connectivity index (χ1v) is 8.75. The summed E-state index contributed by atoms with van der Waals surface area (Å²) >= 11 is 0. The number of benzene rings is 1. The standard InChI is InChI=1S/C19H28N2O/c1-2-3-4-5-6-7-15-19(22)21-20-18-14-10-12-16-11-8-9-13-17(16)18/h8-9,11,13H,2-7,10,12,14-15H2,1H3,(H,21,22)/b20-18-. The molecule has 1 aliphatic carbocycles. The molecule has 1 N–H and O–H groups in total. The highest BCUT2D eigenvalue weighted by Gasteiger charge is 2.14. The predicted octanol–water partition coefficient (Wildman–Crippen LogP) is 4.59. The topological polar surface area (TPSA) is 41.5 Å². The van der Waals surface area contributed by atoms with Crippen molar-refractivity contribution >= 4 is 11.6 Å². The van der Waals surface area contributed by atoms with Gasteiger partial charge in [-0.2, -0.15) is 5.10 Å². The number of carbonyl (C=O) groups excluding carboxylic acids is 1. The van der Waals surface area contributed by atoms with Crippen LogP contribution in [-0.4, -0.2) is 11.6 Å². The molecule has 0 bridgehead atoms. The Bertz CT molecular complexity index is 508. The largest absolute Gasteiger partial charge is 0.273 e. The average Bonchev–Trinajstić information content (AvgIpc) is 2.56. The van der Waals surface area contributed by atoms with E-state index in [2.05, 4.69) is 35.7 Å². The quantitative estimate of drug-likeness (QED) is 0.553. The van der Waals surface area contributed by atoms with Crippen LogP contribution in [0, 0.1) is 0 Å². The van der Waals surface area contributed by atoms with Crippen LogP contribution in [0.15, 0.2) is 29.4 Å². The van der Waals surface area contributed by atoms with Gasteiger partial charge in [0.1, 0.15) is 0 Å². The molecule has 3 nitrogen and oxygen atoms in total. The van der Waals surface area contributed by atoms with Crippen molar-refractivity contribution in [2.24, 2.45) is 5.10 Å². The molecule has 0 saturated heterocycles. The molecular weight excluding hydrogens is 272 g/mol. The number of fused-ring (bicyclic) bond motifs is 1. The van der Waals surface area contributed by atoms with Crippen LogP contribution in [0.25, 0.3) is 0 Å². The zero-order valence-corrected chi connectivity index (χ0v) is 13.7. The molecule has 3 heteroatoms. The number of nitrogens with zero attached hydrogens (tertiary/aromatic N) is 1. The van der Waals surface area contributed by atoms with Crippen molar-refractivity contribution in [1.82, 2.24) is 5.43 Å². The van der Waals surface area contributed by atoms with E-state index >= 15 is 0 Å².